The van der Waals surface area contributed by atoms with Crippen LogP contribution < -0.4 is 0 Å². The van der Waals surface area contributed by atoms with Crippen LogP contribution in [-0.2, 0) is 21.8 Å². The minimum Gasteiger partial charge on any atom is -0.396 e. The fourth-order valence-electron chi connectivity index (χ4n) is 1.64. The van der Waals surface area contributed by atoms with Crippen LogP contribution in [0.15, 0.2) is 24.3 Å². The van der Waals surface area contributed by atoms with Gasteiger partial charge in [0, 0.05) is 6.61 Å². The molecule has 1 rings (SSSR count). The Morgan fingerprint density at radius 2 is 1.95 bits per heavy atom. The SMILES string of the molecule is CC(CO)CS(=O)(=O)Cc1cccc(C(F)(F)F)c1. The molecule has 1 aromatic rings. The molecule has 0 aliphatic heterocycles. The maximum Gasteiger partial charge on any atom is 0.416 e. The van der Waals surface area contributed by atoms with Gasteiger partial charge in [-0.25, -0.2) is 8.42 Å². The van der Waals surface area contributed by atoms with Gasteiger partial charge in [0.25, 0.3) is 0 Å². The van der Waals surface area contributed by atoms with Crippen molar-refractivity contribution in [2.45, 2.75) is 18.9 Å². The molecule has 1 unspecified atom stereocenters. The number of alkyl halides is 3. The fraction of sp³-hybridized carbons (Fsp3) is 0.500. The van der Waals surface area contributed by atoms with E-state index in [9.17, 15) is 21.6 Å². The van der Waals surface area contributed by atoms with Crippen molar-refractivity contribution in [2.24, 2.45) is 5.92 Å². The van der Waals surface area contributed by atoms with E-state index in [1.807, 2.05) is 0 Å². The summed E-state index contributed by atoms with van der Waals surface area (Å²) in [4.78, 5) is 0. The molecule has 0 bridgehead atoms. The molecular formula is C12H15F3O3S. The highest BCUT2D eigenvalue weighted by molar-refractivity contribution is 7.90. The topological polar surface area (TPSA) is 54.4 Å². The smallest absolute Gasteiger partial charge is 0.396 e. The van der Waals surface area contributed by atoms with Crippen molar-refractivity contribution in [3.63, 3.8) is 0 Å². The second-order valence-electron chi connectivity index (χ2n) is 4.54. The highest BCUT2D eigenvalue weighted by Crippen LogP contribution is 2.29. The number of halogens is 3. The number of rotatable bonds is 5. The molecule has 0 heterocycles. The summed E-state index contributed by atoms with van der Waals surface area (Å²) in [6, 6.07) is 4.26. The first-order valence-corrected chi connectivity index (χ1v) is 7.43. The van der Waals surface area contributed by atoms with Crippen LogP contribution in [0, 0.1) is 5.92 Å². The third-order valence-corrected chi connectivity index (χ3v) is 4.34. The zero-order chi connectivity index (χ0) is 14.7. The van der Waals surface area contributed by atoms with E-state index >= 15 is 0 Å². The summed E-state index contributed by atoms with van der Waals surface area (Å²) < 4.78 is 60.9. The Morgan fingerprint density at radius 1 is 1.32 bits per heavy atom. The Kier molecular flexibility index (Phi) is 4.98. The highest BCUT2D eigenvalue weighted by atomic mass is 32.2. The average Bonchev–Trinajstić information content (AvgIpc) is 2.26. The maximum atomic E-state index is 12.5. The first-order valence-electron chi connectivity index (χ1n) is 5.61. The van der Waals surface area contributed by atoms with Gasteiger partial charge in [-0.2, -0.15) is 13.2 Å². The third kappa shape index (κ3) is 5.20. The maximum absolute atomic E-state index is 12.5. The second kappa shape index (κ2) is 5.92. The van der Waals surface area contributed by atoms with Crippen LogP contribution in [-0.4, -0.2) is 25.9 Å². The molecule has 0 aliphatic rings. The van der Waals surface area contributed by atoms with E-state index in [2.05, 4.69) is 0 Å². The molecule has 1 aromatic carbocycles. The van der Waals surface area contributed by atoms with Crippen molar-refractivity contribution in [3.8, 4) is 0 Å². The molecule has 0 amide bonds. The predicted molar refractivity (Wildman–Crippen MR) is 65.2 cm³/mol. The zero-order valence-electron chi connectivity index (χ0n) is 10.3. The number of sulfone groups is 1. The van der Waals surface area contributed by atoms with Crippen molar-refractivity contribution < 1.29 is 26.7 Å². The number of benzene rings is 1. The minimum absolute atomic E-state index is 0.0972. The van der Waals surface area contributed by atoms with Crippen LogP contribution in [0.4, 0.5) is 13.2 Å². The van der Waals surface area contributed by atoms with Gasteiger partial charge >= 0.3 is 6.18 Å². The van der Waals surface area contributed by atoms with Gasteiger partial charge in [-0.1, -0.05) is 25.1 Å². The summed E-state index contributed by atoms with van der Waals surface area (Å²) in [6.07, 6.45) is -4.49. The van der Waals surface area contributed by atoms with E-state index in [0.717, 1.165) is 12.1 Å². The van der Waals surface area contributed by atoms with Gasteiger partial charge in [0.15, 0.2) is 9.84 Å². The van der Waals surface area contributed by atoms with Crippen molar-refractivity contribution >= 4 is 9.84 Å². The van der Waals surface area contributed by atoms with Crippen molar-refractivity contribution in [3.05, 3.63) is 35.4 Å². The van der Waals surface area contributed by atoms with Gasteiger partial charge in [0.05, 0.1) is 17.1 Å². The van der Waals surface area contributed by atoms with Crippen molar-refractivity contribution in [2.75, 3.05) is 12.4 Å². The van der Waals surface area contributed by atoms with Gasteiger partial charge in [0.2, 0.25) is 0 Å². The van der Waals surface area contributed by atoms with Gasteiger partial charge < -0.3 is 5.11 Å². The van der Waals surface area contributed by atoms with Crippen LogP contribution in [0.2, 0.25) is 0 Å². The molecule has 108 valence electrons. The summed E-state index contributed by atoms with van der Waals surface area (Å²) in [5.74, 6) is -1.14. The lowest BCUT2D eigenvalue weighted by molar-refractivity contribution is -0.137. The molecule has 7 heteroatoms. The Labute approximate surface area is 110 Å². The monoisotopic (exact) mass is 296 g/mol. The molecule has 3 nitrogen and oxygen atoms in total. The fourth-order valence-corrected chi connectivity index (χ4v) is 3.41. The van der Waals surface area contributed by atoms with Gasteiger partial charge in [0.1, 0.15) is 0 Å². The molecule has 1 atom stereocenters. The number of aliphatic hydroxyl groups is 1. The Bertz CT molecular complexity index is 523. The van der Waals surface area contributed by atoms with Gasteiger partial charge in [-0.15, -0.1) is 0 Å². The number of hydrogen-bond acceptors (Lipinski definition) is 3. The molecule has 0 spiro atoms. The molecule has 1 N–H and O–H groups in total. The number of aliphatic hydroxyl groups excluding tert-OH is 1. The normalized spacial score (nSPS) is 14.4. The summed E-state index contributed by atoms with van der Waals surface area (Å²) in [6.45, 7) is 1.28. The van der Waals surface area contributed by atoms with Gasteiger partial charge in [-0.05, 0) is 17.5 Å². The van der Waals surface area contributed by atoms with Crippen LogP contribution in [0.25, 0.3) is 0 Å². The predicted octanol–water partition coefficient (Wildman–Crippen LogP) is 2.25. The van der Waals surface area contributed by atoms with Crippen LogP contribution >= 0.6 is 0 Å². The largest absolute Gasteiger partial charge is 0.416 e. The van der Waals surface area contributed by atoms with Crippen LogP contribution in [0.3, 0.4) is 0 Å². The number of hydrogen-bond donors (Lipinski definition) is 1. The van der Waals surface area contributed by atoms with E-state index in [4.69, 9.17) is 5.11 Å². The standard InChI is InChI=1S/C12H15F3O3S/c1-9(6-16)7-19(17,18)8-10-3-2-4-11(5-10)12(13,14)15/h2-5,9,16H,6-8H2,1H3. The van der Waals surface area contributed by atoms with E-state index in [0.29, 0.717) is 0 Å². The van der Waals surface area contributed by atoms with E-state index in [1.54, 1.807) is 6.92 Å². The summed E-state index contributed by atoms with van der Waals surface area (Å²) >= 11 is 0. The molecular weight excluding hydrogens is 281 g/mol. The quantitative estimate of drug-likeness (QED) is 0.906. The van der Waals surface area contributed by atoms with E-state index in [1.165, 1.54) is 12.1 Å². The molecule has 0 saturated heterocycles. The second-order valence-corrected chi connectivity index (χ2v) is 6.65. The Hall–Kier alpha value is -1.08. The Morgan fingerprint density at radius 3 is 2.47 bits per heavy atom. The molecule has 0 radical (unpaired) electrons. The minimum atomic E-state index is -4.49. The van der Waals surface area contributed by atoms with E-state index < -0.39 is 33.2 Å². The summed E-state index contributed by atoms with van der Waals surface area (Å²) in [5.41, 5.74) is -0.768. The first-order chi connectivity index (χ1) is 8.64. The van der Waals surface area contributed by atoms with Crippen molar-refractivity contribution in [1.29, 1.82) is 0 Å². The third-order valence-electron chi connectivity index (χ3n) is 2.49. The first kappa shape index (κ1) is 16.0. The average molecular weight is 296 g/mol. The molecule has 0 saturated carbocycles. The summed E-state index contributed by atoms with van der Waals surface area (Å²) in [5, 5.41) is 8.80. The molecule has 19 heavy (non-hydrogen) atoms. The Balaban J connectivity index is 2.89. The van der Waals surface area contributed by atoms with Crippen molar-refractivity contribution in [1.82, 2.24) is 0 Å². The molecule has 0 fully saturated rings. The van der Waals surface area contributed by atoms with Gasteiger partial charge in [-0.3, -0.25) is 0 Å². The van der Waals surface area contributed by atoms with Crippen LogP contribution in [0.5, 0.6) is 0 Å². The lowest BCUT2D eigenvalue weighted by atomic mass is 10.1. The zero-order valence-corrected chi connectivity index (χ0v) is 11.1. The lowest BCUT2D eigenvalue weighted by Gasteiger charge is -2.11. The molecule has 0 aliphatic carbocycles. The van der Waals surface area contributed by atoms with Crippen LogP contribution in [0.1, 0.15) is 18.1 Å². The summed E-state index contributed by atoms with van der Waals surface area (Å²) in [7, 11) is -3.54. The molecule has 0 aromatic heterocycles. The van der Waals surface area contributed by atoms with E-state index in [-0.39, 0.29) is 17.9 Å². The lowest BCUT2D eigenvalue weighted by Crippen LogP contribution is -2.18. The highest BCUT2D eigenvalue weighted by Gasteiger charge is 2.30.